The summed E-state index contributed by atoms with van der Waals surface area (Å²) in [6, 6.07) is 14.4. The van der Waals surface area contributed by atoms with Gasteiger partial charge in [0.25, 0.3) is 5.56 Å². The predicted molar refractivity (Wildman–Crippen MR) is 120 cm³/mol. The summed E-state index contributed by atoms with van der Waals surface area (Å²) in [5.41, 5.74) is 3.53. The van der Waals surface area contributed by atoms with E-state index < -0.39 is 5.97 Å². The van der Waals surface area contributed by atoms with Crippen molar-refractivity contribution < 1.29 is 14.6 Å². The van der Waals surface area contributed by atoms with Crippen molar-refractivity contribution in [1.29, 1.82) is 0 Å². The predicted octanol–water partition coefficient (Wildman–Crippen LogP) is 4.53. The van der Waals surface area contributed by atoms with Gasteiger partial charge in [0.1, 0.15) is 18.2 Å². The molecule has 0 aliphatic heterocycles. The Morgan fingerprint density at radius 2 is 1.87 bits per heavy atom. The zero-order valence-corrected chi connectivity index (χ0v) is 18.2. The fourth-order valence-corrected chi connectivity index (χ4v) is 3.48. The van der Waals surface area contributed by atoms with Crippen LogP contribution >= 0.6 is 0 Å². The van der Waals surface area contributed by atoms with Gasteiger partial charge in [-0.1, -0.05) is 37.6 Å². The highest BCUT2D eigenvalue weighted by Crippen LogP contribution is 2.19. The van der Waals surface area contributed by atoms with Gasteiger partial charge in [-0.05, 0) is 55.2 Å². The maximum atomic E-state index is 12.5. The molecular formula is C25H28N2O4. The Hall–Kier alpha value is -3.41. The van der Waals surface area contributed by atoms with Gasteiger partial charge in [-0.3, -0.25) is 9.36 Å². The van der Waals surface area contributed by atoms with Gasteiger partial charge in [-0.15, -0.1) is 0 Å². The highest BCUT2D eigenvalue weighted by Gasteiger charge is 2.11. The Balaban J connectivity index is 1.71. The molecule has 0 amide bonds. The third-order valence-electron chi connectivity index (χ3n) is 5.30. The monoisotopic (exact) mass is 420 g/mol. The largest absolute Gasteiger partial charge is 0.489 e. The average molecular weight is 421 g/mol. The molecule has 0 atom stereocenters. The first-order valence-corrected chi connectivity index (χ1v) is 10.5. The molecule has 6 nitrogen and oxygen atoms in total. The molecule has 0 fully saturated rings. The molecular weight excluding hydrogens is 392 g/mol. The van der Waals surface area contributed by atoms with Gasteiger partial charge in [0.15, 0.2) is 0 Å². The van der Waals surface area contributed by atoms with Crippen LogP contribution in [-0.2, 0) is 19.6 Å². The van der Waals surface area contributed by atoms with Crippen LogP contribution in [0.1, 0.15) is 58.3 Å². The number of aromatic nitrogens is 2. The van der Waals surface area contributed by atoms with E-state index in [4.69, 9.17) is 4.74 Å². The van der Waals surface area contributed by atoms with Gasteiger partial charge in [0.05, 0.1) is 12.1 Å². The van der Waals surface area contributed by atoms with Crippen molar-refractivity contribution in [2.45, 2.75) is 53.2 Å². The lowest BCUT2D eigenvalue weighted by atomic mass is 10.0. The molecule has 6 heteroatoms. The molecule has 2 aromatic carbocycles. The first-order valence-electron chi connectivity index (χ1n) is 10.5. The number of hydrogen-bond acceptors (Lipinski definition) is 4. The van der Waals surface area contributed by atoms with Crippen LogP contribution in [0.3, 0.4) is 0 Å². The van der Waals surface area contributed by atoms with Crippen LogP contribution in [0.4, 0.5) is 0 Å². The fraction of sp³-hybridized carbons (Fsp3) is 0.320. The Labute approximate surface area is 182 Å². The Morgan fingerprint density at radius 3 is 2.55 bits per heavy atom. The lowest BCUT2D eigenvalue weighted by Crippen LogP contribution is -2.25. The third kappa shape index (κ3) is 5.60. The van der Waals surface area contributed by atoms with Crippen molar-refractivity contribution in [1.82, 2.24) is 9.55 Å². The SMILES string of the molecule is CCCCc1nc(C)cc(=O)n1Cc1ccc(OCc2cccc(C(=O)O)c2C)cc1. The highest BCUT2D eigenvalue weighted by molar-refractivity contribution is 5.89. The van der Waals surface area contributed by atoms with Crippen molar-refractivity contribution in [3.8, 4) is 5.75 Å². The minimum Gasteiger partial charge on any atom is -0.489 e. The summed E-state index contributed by atoms with van der Waals surface area (Å²) in [7, 11) is 0. The molecule has 3 rings (SSSR count). The number of rotatable bonds is 9. The number of benzene rings is 2. The molecule has 0 bridgehead atoms. The second-order valence-corrected chi connectivity index (χ2v) is 7.67. The molecule has 3 aromatic rings. The molecule has 0 saturated heterocycles. The van der Waals surface area contributed by atoms with E-state index >= 15 is 0 Å². The van der Waals surface area contributed by atoms with Crippen molar-refractivity contribution in [3.05, 3.63) is 92.7 Å². The summed E-state index contributed by atoms with van der Waals surface area (Å²) < 4.78 is 7.59. The summed E-state index contributed by atoms with van der Waals surface area (Å²) in [6.07, 6.45) is 2.82. The standard InChI is InChI=1S/C25H28N2O4/c1-4-5-9-23-26-17(2)14-24(28)27(23)15-19-10-12-21(13-11-19)31-16-20-7-6-8-22(18(20)3)25(29)30/h6-8,10-14H,4-5,9,15-16H2,1-3H3,(H,29,30). The molecule has 31 heavy (non-hydrogen) atoms. The van der Waals surface area contributed by atoms with E-state index in [2.05, 4.69) is 11.9 Å². The molecule has 0 saturated carbocycles. The van der Waals surface area contributed by atoms with Crippen LogP contribution in [-0.4, -0.2) is 20.6 Å². The number of ether oxygens (including phenoxy) is 1. The molecule has 1 heterocycles. The third-order valence-corrected chi connectivity index (χ3v) is 5.30. The zero-order chi connectivity index (χ0) is 22.4. The number of carboxylic acid groups (broad SMARTS) is 1. The summed E-state index contributed by atoms with van der Waals surface area (Å²) in [5.74, 6) is 0.563. The van der Waals surface area contributed by atoms with Gasteiger partial charge in [-0.2, -0.15) is 0 Å². The number of carboxylic acids is 1. The average Bonchev–Trinajstić information content (AvgIpc) is 2.74. The second kappa shape index (κ2) is 10.1. The normalized spacial score (nSPS) is 10.8. The van der Waals surface area contributed by atoms with Crippen LogP contribution in [0, 0.1) is 13.8 Å². The fourth-order valence-electron chi connectivity index (χ4n) is 3.48. The lowest BCUT2D eigenvalue weighted by molar-refractivity contribution is 0.0696. The lowest BCUT2D eigenvalue weighted by Gasteiger charge is -2.14. The van der Waals surface area contributed by atoms with E-state index in [0.717, 1.165) is 41.9 Å². The number of aryl methyl sites for hydroxylation is 2. The Morgan fingerprint density at radius 1 is 1.13 bits per heavy atom. The molecule has 0 radical (unpaired) electrons. The van der Waals surface area contributed by atoms with E-state index in [1.807, 2.05) is 37.3 Å². The minimum absolute atomic E-state index is 0.0345. The molecule has 0 aliphatic carbocycles. The van der Waals surface area contributed by atoms with Gasteiger partial charge in [-0.25, -0.2) is 9.78 Å². The summed E-state index contributed by atoms with van der Waals surface area (Å²) in [6.45, 7) is 6.51. The summed E-state index contributed by atoms with van der Waals surface area (Å²) >= 11 is 0. The van der Waals surface area contributed by atoms with Crippen LogP contribution in [0.15, 0.2) is 53.3 Å². The highest BCUT2D eigenvalue weighted by atomic mass is 16.5. The van der Waals surface area contributed by atoms with Crippen molar-refractivity contribution in [2.24, 2.45) is 0 Å². The van der Waals surface area contributed by atoms with E-state index in [1.54, 1.807) is 29.7 Å². The van der Waals surface area contributed by atoms with Crippen molar-refractivity contribution in [2.75, 3.05) is 0 Å². The van der Waals surface area contributed by atoms with Gasteiger partial charge in [0.2, 0.25) is 0 Å². The number of aromatic carboxylic acids is 1. The van der Waals surface area contributed by atoms with E-state index in [9.17, 15) is 14.7 Å². The number of unbranched alkanes of at least 4 members (excludes halogenated alkanes) is 1. The maximum absolute atomic E-state index is 12.5. The second-order valence-electron chi connectivity index (χ2n) is 7.67. The Bertz CT molecular complexity index is 1120. The Kier molecular flexibility index (Phi) is 7.23. The topological polar surface area (TPSA) is 81.4 Å². The molecule has 1 N–H and O–H groups in total. The number of hydrogen-bond donors (Lipinski definition) is 1. The molecule has 162 valence electrons. The summed E-state index contributed by atoms with van der Waals surface area (Å²) in [5, 5.41) is 9.26. The van der Waals surface area contributed by atoms with Crippen LogP contribution in [0.25, 0.3) is 0 Å². The molecule has 1 aromatic heterocycles. The molecule has 0 aliphatic rings. The quantitative estimate of drug-likeness (QED) is 0.550. The molecule has 0 unspecified atom stereocenters. The molecule has 0 spiro atoms. The van der Waals surface area contributed by atoms with Gasteiger partial charge >= 0.3 is 5.97 Å². The minimum atomic E-state index is -0.942. The number of nitrogens with zero attached hydrogens (tertiary/aromatic N) is 2. The van der Waals surface area contributed by atoms with Crippen molar-refractivity contribution in [3.63, 3.8) is 0 Å². The van der Waals surface area contributed by atoms with Crippen LogP contribution < -0.4 is 10.3 Å². The van der Waals surface area contributed by atoms with Crippen LogP contribution in [0.2, 0.25) is 0 Å². The number of carbonyl (C=O) groups is 1. The maximum Gasteiger partial charge on any atom is 0.335 e. The summed E-state index contributed by atoms with van der Waals surface area (Å²) in [4.78, 5) is 28.4. The zero-order valence-electron chi connectivity index (χ0n) is 18.2. The van der Waals surface area contributed by atoms with E-state index in [-0.39, 0.29) is 17.7 Å². The van der Waals surface area contributed by atoms with Gasteiger partial charge in [0, 0.05) is 18.2 Å². The smallest absolute Gasteiger partial charge is 0.335 e. The van der Waals surface area contributed by atoms with E-state index in [0.29, 0.717) is 17.9 Å². The van der Waals surface area contributed by atoms with E-state index in [1.165, 1.54) is 0 Å². The van der Waals surface area contributed by atoms with Gasteiger partial charge < -0.3 is 9.84 Å². The van der Waals surface area contributed by atoms with Crippen molar-refractivity contribution >= 4 is 5.97 Å². The first kappa shape index (κ1) is 22.3. The van der Waals surface area contributed by atoms with Crippen LogP contribution in [0.5, 0.6) is 5.75 Å². The first-order chi connectivity index (χ1) is 14.9.